The fourth-order valence-electron chi connectivity index (χ4n) is 2.76. The van der Waals surface area contributed by atoms with E-state index >= 15 is 0 Å². The zero-order valence-corrected chi connectivity index (χ0v) is 18.9. The third-order valence-electron chi connectivity index (χ3n) is 4.35. The van der Waals surface area contributed by atoms with Gasteiger partial charge in [-0.25, -0.2) is 9.78 Å². The van der Waals surface area contributed by atoms with Crippen LogP contribution in [0.2, 0.25) is 0 Å². The Hall–Kier alpha value is -2.61. The van der Waals surface area contributed by atoms with Crippen LogP contribution in [0.15, 0.2) is 18.2 Å². The van der Waals surface area contributed by atoms with E-state index < -0.39 is 5.97 Å². The standard InChI is InChI=1S/C22H30N2O5S/c1-5-8-13-29-17-11-9-15(14-18(17)28-7-3)10-12-19(25)24-22-23-16(6-2)20(30-22)21(26)27-4/h9,11,14H,5-8,10,12-13H2,1-4H3,(H,23,24,25). The molecule has 0 aliphatic rings. The molecule has 2 rings (SSSR count). The van der Waals surface area contributed by atoms with Crippen LogP contribution in [0.3, 0.4) is 0 Å². The van der Waals surface area contributed by atoms with E-state index in [2.05, 4.69) is 17.2 Å². The van der Waals surface area contributed by atoms with Gasteiger partial charge in [-0.05, 0) is 43.9 Å². The van der Waals surface area contributed by atoms with Crippen molar-refractivity contribution in [2.45, 2.75) is 52.9 Å². The maximum Gasteiger partial charge on any atom is 0.350 e. The van der Waals surface area contributed by atoms with Crippen molar-refractivity contribution in [2.24, 2.45) is 0 Å². The molecule has 1 amide bonds. The molecule has 7 nitrogen and oxygen atoms in total. The number of carbonyl (C=O) groups excluding carboxylic acids is 2. The van der Waals surface area contributed by atoms with Crippen LogP contribution in [0.5, 0.6) is 11.5 Å². The highest BCUT2D eigenvalue weighted by atomic mass is 32.1. The molecular weight excluding hydrogens is 404 g/mol. The number of thiazole rings is 1. The molecule has 0 bridgehead atoms. The summed E-state index contributed by atoms with van der Waals surface area (Å²) in [5, 5.41) is 3.19. The maximum atomic E-state index is 12.4. The molecule has 0 saturated carbocycles. The molecule has 1 heterocycles. The molecule has 0 fully saturated rings. The Labute approximate surface area is 181 Å². The first-order chi connectivity index (χ1) is 14.5. The normalized spacial score (nSPS) is 10.5. The lowest BCUT2D eigenvalue weighted by Crippen LogP contribution is -2.12. The molecular formula is C22H30N2O5S. The Kier molecular flexibility index (Phi) is 9.60. The molecule has 0 atom stereocenters. The first-order valence-corrected chi connectivity index (χ1v) is 11.1. The van der Waals surface area contributed by atoms with Crippen molar-refractivity contribution in [3.63, 3.8) is 0 Å². The highest BCUT2D eigenvalue weighted by Crippen LogP contribution is 2.29. The number of ether oxygens (including phenoxy) is 3. The Bertz CT molecular complexity index is 850. The minimum Gasteiger partial charge on any atom is -0.490 e. The van der Waals surface area contributed by atoms with Gasteiger partial charge in [0.1, 0.15) is 4.88 Å². The third kappa shape index (κ3) is 6.73. The van der Waals surface area contributed by atoms with Crippen LogP contribution in [0.25, 0.3) is 0 Å². The van der Waals surface area contributed by atoms with Gasteiger partial charge >= 0.3 is 5.97 Å². The number of nitrogens with zero attached hydrogens (tertiary/aromatic N) is 1. The van der Waals surface area contributed by atoms with Crippen molar-refractivity contribution >= 4 is 28.3 Å². The summed E-state index contributed by atoms with van der Waals surface area (Å²) < 4.78 is 16.3. The Balaban J connectivity index is 1.97. The molecule has 8 heteroatoms. The van der Waals surface area contributed by atoms with Gasteiger partial charge in [0.25, 0.3) is 0 Å². The minimum atomic E-state index is -0.436. The summed E-state index contributed by atoms with van der Waals surface area (Å²) in [4.78, 5) is 28.9. The number of aryl methyl sites for hydroxylation is 2. The number of hydrogen-bond acceptors (Lipinski definition) is 7. The third-order valence-corrected chi connectivity index (χ3v) is 5.35. The van der Waals surface area contributed by atoms with Gasteiger partial charge in [-0.3, -0.25) is 4.79 Å². The van der Waals surface area contributed by atoms with E-state index in [1.165, 1.54) is 7.11 Å². The van der Waals surface area contributed by atoms with Gasteiger partial charge < -0.3 is 19.5 Å². The summed E-state index contributed by atoms with van der Waals surface area (Å²) in [6.07, 6.45) is 3.48. The molecule has 30 heavy (non-hydrogen) atoms. The van der Waals surface area contributed by atoms with Crippen molar-refractivity contribution in [3.8, 4) is 11.5 Å². The topological polar surface area (TPSA) is 86.8 Å². The van der Waals surface area contributed by atoms with Crippen LogP contribution in [-0.4, -0.2) is 37.2 Å². The number of nitrogens with one attached hydrogen (secondary N) is 1. The molecule has 0 unspecified atom stereocenters. The van der Waals surface area contributed by atoms with Crippen LogP contribution in [0.1, 0.15) is 61.0 Å². The first-order valence-electron chi connectivity index (χ1n) is 10.3. The van der Waals surface area contributed by atoms with E-state index in [4.69, 9.17) is 14.2 Å². The minimum absolute atomic E-state index is 0.163. The number of amides is 1. The van der Waals surface area contributed by atoms with Gasteiger partial charge in [0.2, 0.25) is 5.91 Å². The van der Waals surface area contributed by atoms with Crippen molar-refractivity contribution in [1.82, 2.24) is 4.98 Å². The molecule has 1 N–H and O–H groups in total. The van der Waals surface area contributed by atoms with E-state index in [0.717, 1.165) is 35.5 Å². The van der Waals surface area contributed by atoms with Gasteiger partial charge in [0, 0.05) is 6.42 Å². The summed E-state index contributed by atoms with van der Waals surface area (Å²) >= 11 is 1.13. The number of anilines is 1. The number of unbranched alkanes of at least 4 members (excludes halogenated alkanes) is 1. The predicted octanol–water partition coefficient (Wildman–Crippen LogP) is 4.64. The van der Waals surface area contributed by atoms with Crippen LogP contribution < -0.4 is 14.8 Å². The van der Waals surface area contributed by atoms with Gasteiger partial charge in [-0.2, -0.15) is 0 Å². The molecule has 1 aromatic carbocycles. The highest BCUT2D eigenvalue weighted by molar-refractivity contribution is 7.17. The highest BCUT2D eigenvalue weighted by Gasteiger charge is 2.18. The molecule has 2 aromatic rings. The fraction of sp³-hybridized carbons (Fsp3) is 0.500. The zero-order chi connectivity index (χ0) is 21.9. The largest absolute Gasteiger partial charge is 0.490 e. The van der Waals surface area contributed by atoms with Gasteiger partial charge in [0.05, 0.1) is 26.0 Å². The second-order valence-corrected chi connectivity index (χ2v) is 7.60. The number of hydrogen-bond donors (Lipinski definition) is 1. The smallest absolute Gasteiger partial charge is 0.350 e. The second kappa shape index (κ2) is 12.2. The number of carbonyl (C=O) groups is 2. The number of rotatable bonds is 12. The summed E-state index contributed by atoms with van der Waals surface area (Å²) in [5.74, 6) is 0.823. The van der Waals surface area contributed by atoms with E-state index in [0.29, 0.717) is 47.5 Å². The molecule has 0 radical (unpaired) electrons. The van der Waals surface area contributed by atoms with Crippen molar-refractivity contribution in [1.29, 1.82) is 0 Å². The second-order valence-electron chi connectivity index (χ2n) is 6.60. The van der Waals surface area contributed by atoms with Crippen molar-refractivity contribution < 1.29 is 23.8 Å². The summed E-state index contributed by atoms with van der Waals surface area (Å²) in [7, 11) is 1.33. The molecule has 0 spiro atoms. The van der Waals surface area contributed by atoms with E-state index in [1.807, 2.05) is 32.0 Å². The quantitative estimate of drug-likeness (QED) is 0.387. The summed E-state index contributed by atoms with van der Waals surface area (Å²) in [6, 6.07) is 5.77. The molecule has 0 aliphatic carbocycles. The van der Waals surface area contributed by atoms with Crippen LogP contribution in [-0.2, 0) is 22.4 Å². The van der Waals surface area contributed by atoms with Gasteiger partial charge in [0.15, 0.2) is 16.6 Å². The molecule has 1 aromatic heterocycles. The SMILES string of the molecule is CCCCOc1ccc(CCC(=O)Nc2nc(CC)c(C(=O)OC)s2)cc1OCC. The Morgan fingerprint density at radius 2 is 1.93 bits per heavy atom. The first kappa shape index (κ1) is 23.7. The summed E-state index contributed by atoms with van der Waals surface area (Å²) in [6.45, 7) is 7.14. The van der Waals surface area contributed by atoms with E-state index in [-0.39, 0.29) is 12.3 Å². The fourth-order valence-corrected chi connectivity index (χ4v) is 3.75. The Morgan fingerprint density at radius 1 is 1.13 bits per heavy atom. The number of methoxy groups -OCH3 is 1. The lowest BCUT2D eigenvalue weighted by Gasteiger charge is -2.13. The van der Waals surface area contributed by atoms with Gasteiger partial charge in [-0.15, -0.1) is 0 Å². The number of benzene rings is 1. The average Bonchev–Trinajstić information content (AvgIpc) is 3.16. The maximum absolute atomic E-state index is 12.4. The lowest BCUT2D eigenvalue weighted by atomic mass is 10.1. The number of aromatic nitrogens is 1. The predicted molar refractivity (Wildman–Crippen MR) is 118 cm³/mol. The van der Waals surface area contributed by atoms with E-state index in [1.54, 1.807) is 0 Å². The average molecular weight is 435 g/mol. The monoisotopic (exact) mass is 434 g/mol. The van der Waals surface area contributed by atoms with Crippen LogP contribution >= 0.6 is 11.3 Å². The van der Waals surface area contributed by atoms with Crippen molar-refractivity contribution in [3.05, 3.63) is 34.3 Å². The van der Waals surface area contributed by atoms with Gasteiger partial charge in [-0.1, -0.05) is 37.7 Å². The zero-order valence-electron chi connectivity index (χ0n) is 18.1. The Morgan fingerprint density at radius 3 is 2.60 bits per heavy atom. The van der Waals surface area contributed by atoms with Crippen molar-refractivity contribution in [2.75, 3.05) is 25.6 Å². The summed E-state index contributed by atoms with van der Waals surface area (Å²) in [5.41, 5.74) is 1.61. The van der Waals surface area contributed by atoms with Crippen LogP contribution in [0.4, 0.5) is 5.13 Å². The lowest BCUT2D eigenvalue weighted by molar-refractivity contribution is -0.116. The van der Waals surface area contributed by atoms with Crippen LogP contribution in [0, 0.1) is 0 Å². The molecule has 0 aliphatic heterocycles. The molecule has 164 valence electrons. The number of esters is 1. The van der Waals surface area contributed by atoms with E-state index in [9.17, 15) is 9.59 Å². The molecule has 0 saturated heterocycles.